The second-order valence-electron chi connectivity index (χ2n) is 11.7. The standard InChI is InChI=1S/C26H39Cl2N3O4S/c1-25(2,3)35-24(34)31-12-9-17(15-31)23(33)30-10-7-16(8-11-30)22(29-36-26(4,5)6)18-13-19(27)20(28)14-21(18)32/h13-14,16-17,22,29,32H,7-12,15H2,1-6H3. The van der Waals surface area contributed by atoms with E-state index < -0.39 is 5.60 Å². The summed E-state index contributed by atoms with van der Waals surface area (Å²) >= 11 is 14.0. The summed E-state index contributed by atoms with van der Waals surface area (Å²) in [5.74, 6) is 0.223. The van der Waals surface area contributed by atoms with Gasteiger partial charge in [0, 0.05) is 48.6 Å². The van der Waals surface area contributed by atoms with E-state index in [0.29, 0.717) is 42.6 Å². The van der Waals surface area contributed by atoms with E-state index in [1.807, 2.05) is 25.7 Å². The van der Waals surface area contributed by atoms with Gasteiger partial charge in [-0.25, -0.2) is 4.79 Å². The Hall–Kier alpha value is -1.35. The Morgan fingerprint density at radius 3 is 2.19 bits per heavy atom. The number of benzene rings is 1. The van der Waals surface area contributed by atoms with E-state index in [4.69, 9.17) is 27.9 Å². The van der Waals surface area contributed by atoms with Crippen LogP contribution in [0.15, 0.2) is 12.1 Å². The molecule has 202 valence electrons. The van der Waals surface area contributed by atoms with Crippen LogP contribution in [0.5, 0.6) is 5.75 Å². The lowest BCUT2D eigenvalue weighted by Gasteiger charge is -2.38. The molecule has 2 amide bonds. The van der Waals surface area contributed by atoms with Crippen LogP contribution in [0.25, 0.3) is 0 Å². The lowest BCUT2D eigenvalue weighted by molar-refractivity contribution is -0.136. The Labute approximate surface area is 229 Å². The highest BCUT2D eigenvalue weighted by Crippen LogP contribution is 2.41. The molecule has 2 saturated heterocycles. The van der Waals surface area contributed by atoms with Crippen LogP contribution in [0.2, 0.25) is 10.0 Å². The molecular formula is C26H39Cl2N3O4S. The lowest BCUT2D eigenvalue weighted by atomic mass is 9.85. The van der Waals surface area contributed by atoms with Gasteiger partial charge < -0.3 is 19.6 Å². The first-order valence-corrected chi connectivity index (χ1v) is 14.1. The summed E-state index contributed by atoms with van der Waals surface area (Å²) in [7, 11) is 0. The first kappa shape index (κ1) is 29.2. The van der Waals surface area contributed by atoms with E-state index in [9.17, 15) is 14.7 Å². The molecule has 1 aromatic rings. The van der Waals surface area contributed by atoms with Crippen LogP contribution in [0.4, 0.5) is 4.79 Å². The van der Waals surface area contributed by atoms with Gasteiger partial charge in [-0.05, 0) is 72.8 Å². The second-order valence-corrected chi connectivity index (χ2v) is 14.2. The molecule has 0 aliphatic carbocycles. The Kier molecular flexibility index (Phi) is 9.40. The van der Waals surface area contributed by atoms with Gasteiger partial charge in [-0.3, -0.25) is 9.52 Å². The summed E-state index contributed by atoms with van der Waals surface area (Å²) in [5.41, 5.74) is 0.161. The molecular weight excluding hydrogens is 521 g/mol. The van der Waals surface area contributed by atoms with Crippen LogP contribution in [-0.2, 0) is 9.53 Å². The first-order chi connectivity index (χ1) is 16.6. The number of rotatable bonds is 5. The molecule has 36 heavy (non-hydrogen) atoms. The van der Waals surface area contributed by atoms with Gasteiger partial charge in [-0.1, -0.05) is 35.1 Å². The molecule has 0 bridgehead atoms. The Morgan fingerprint density at radius 2 is 1.61 bits per heavy atom. The normalized spacial score (nSPS) is 20.5. The van der Waals surface area contributed by atoms with Crippen molar-refractivity contribution in [3.05, 3.63) is 27.7 Å². The van der Waals surface area contributed by atoms with Crippen molar-refractivity contribution in [2.45, 2.75) is 77.2 Å². The minimum atomic E-state index is -0.556. The van der Waals surface area contributed by atoms with Gasteiger partial charge in [0.1, 0.15) is 11.4 Å². The summed E-state index contributed by atoms with van der Waals surface area (Å²) in [5, 5.41) is 11.4. The highest BCUT2D eigenvalue weighted by Gasteiger charge is 2.38. The molecule has 2 aliphatic rings. The van der Waals surface area contributed by atoms with Crippen molar-refractivity contribution in [2.75, 3.05) is 26.2 Å². The number of ether oxygens (including phenoxy) is 1. The van der Waals surface area contributed by atoms with E-state index in [0.717, 1.165) is 18.4 Å². The molecule has 0 saturated carbocycles. The van der Waals surface area contributed by atoms with E-state index in [2.05, 4.69) is 25.5 Å². The molecule has 2 aliphatic heterocycles. The van der Waals surface area contributed by atoms with Crippen LogP contribution in [0.3, 0.4) is 0 Å². The van der Waals surface area contributed by atoms with Crippen molar-refractivity contribution in [3.8, 4) is 5.75 Å². The lowest BCUT2D eigenvalue weighted by Crippen LogP contribution is -2.45. The molecule has 10 heteroatoms. The minimum absolute atomic E-state index is 0.0246. The maximum absolute atomic E-state index is 13.2. The number of phenolic OH excluding ortho intramolecular Hbond substituents is 1. The maximum Gasteiger partial charge on any atom is 0.410 e. The summed E-state index contributed by atoms with van der Waals surface area (Å²) in [4.78, 5) is 29.2. The summed E-state index contributed by atoms with van der Waals surface area (Å²) in [6.07, 6.45) is 1.87. The summed E-state index contributed by atoms with van der Waals surface area (Å²) < 4.78 is 9.00. The van der Waals surface area contributed by atoms with Crippen molar-refractivity contribution >= 4 is 47.2 Å². The number of amides is 2. The molecule has 0 aromatic heterocycles. The topological polar surface area (TPSA) is 82.1 Å². The van der Waals surface area contributed by atoms with Gasteiger partial charge >= 0.3 is 6.09 Å². The number of aromatic hydroxyl groups is 1. The summed E-state index contributed by atoms with van der Waals surface area (Å²) in [6, 6.07) is 3.09. The summed E-state index contributed by atoms with van der Waals surface area (Å²) in [6.45, 7) is 14.1. The van der Waals surface area contributed by atoms with Crippen molar-refractivity contribution in [3.63, 3.8) is 0 Å². The third kappa shape index (κ3) is 7.83. The van der Waals surface area contributed by atoms with Gasteiger partial charge in [0.15, 0.2) is 0 Å². The fourth-order valence-electron chi connectivity index (χ4n) is 4.62. The molecule has 3 rings (SSSR count). The predicted octanol–water partition coefficient (Wildman–Crippen LogP) is 6.27. The van der Waals surface area contributed by atoms with Gasteiger partial charge in [0.2, 0.25) is 5.91 Å². The highest BCUT2D eigenvalue weighted by atomic mass is 35.5. The zero-order chi connectivity index (χ0) is 26.8. The molecule has 2 unspecified atom stereocenters. The van der Waals surface area contributed by atoms with Crippen molar-refractivity contribution in [1.82, 2.24) is 14.5 Å². The molecule has 7 nitrogen and oxygen atoms in total. The van der Waals surface area contributed by atoms with Crippen molar-refractivity contribution < 1.29 is 19.4 Å². The van der Waals surface area contributed by atoms with E-state index in [1.54, 1.807) is 22.9 Å². The van der Waals surface area contributed by atoms with Crippen LogP contribution >= 0.6 is 35.1 Å². The molecule has 0 radical (unpaired) electrons. The van der Waals surface area contributed by atoms with E-state index in [-0.39, 0.29) is 40.4 Å². The fourth-order valence-corrected chi connectivity index (χ4v) is 5.75. The zero-order valence-electron chi connectivity index (χ0n) is 22.1. The van der Waals surface area contributed by atoms with E-state index in [1.165, 1.54) is 6.07 Å². The smallest absolute Gasteiger partial charge is 0.410 e. The number of nitrogens with zero attached hydrogens (tertiary/aromatic N) is 2. The molecule has 2 N–H and O–H groups in total. The molecule has 1 aromatic carbocycles. The van der Waals surface area contributed by atoms with E-state index >= 15 is 0 Å². The number of halogens is 2. The number of nitrogens with one attached hydrogen (secondary N) is 1. The molecule has 2 fully saturated rings. The number of carbonyl (C=O) groups is 2. The average molecular weight is 561 g/mol. The van der Waals surface area contributed by atoms with Crippen LogP contribution < -0.4 is 4.72 Å². The SMILES string of the molecule is CC(C)(C)OC(=O)N1CCC(C(=O)N2CCC(C(NSC(C)(C)C)c3cc(Cl)c(Cl)cc3O)CC2)C1. The van der Waals surface area contributed by atoms with Gasteiger partial charge in [0.05, 0.1) is 16.0 Å². The third-order valence-electron chi connectivity index (χ3n) is 6.41. The van der Waals surface area contributed by atoms with Gasteiger partial charge in [-0.2, -0.15) is 0 Å². The quantitative estimate of drug-likeness (QED) is 0.413. The Balaban J connectivity index is 1.64. The molecule has 2 heterocycles. The Morgan fingerprint density at radius 1 is 1.03 bits per heavy atom. The zero-order valence-corrected chi connectivity index (χ0v) is 24.4. The Bertz CT molecular complexity index is 956. The number of phenols is 1. The second kappa shape index (κ2) is 11.6. The first-order valence-electron chi connectivity index (χ1n) is 12.5. The van der Waals surface area contributed by atoms with Gasteiger partial charge in [-0.15, -0.1) is 0 Å². The largest absolute Gasteiger partial charge is 0.508 e. The predicted molar refractivity (Wildman–Crippen MR) is 147 cm³/mol. The van der Waals surface area contributed by atoms with Crippen LogP contribution in [-0.4, -0.2) is 63.4 Å². The van der Waals surface area contributed by atoms with Crippen molar-refractivity contribution in [2.24, 2.45) is 11.8 Å². The maximum atomic E-state index is 13.2. The number of piperidine rings is 1. The number of hydrogen-bond acceptors (Lipinski definition) is 6. The van der Waals surface area contributed by atoms with Gasteiger partial charge in [0.25, 0.3) is 0 Å². The number of likely N-dealkylation sites (tertiary alicyclic amines) is 2. The minimum Gasteiger partial charge on any atom is -0.508 e. The van der Waals surface area contributed by atoms with Crippen molar-refractivity contribution in [1.29, 1.82) is 0 Å². The molecule has 2 atom stereocenters. The number of carbonyl (C=O) groups excluding carboxylic acids is 2. The highest BCUT2D eigenvalue weighted by molar-refractivity contribution is 7.98. The fraction of sp³-hybridized carbons (Fsp3) is 0.692. The third-order valence-corrected chi connectivity index (χ3v) is 8.11. The van der Waals surface area contributed by atoms with Crippen LogP contribution in [0, 0.1) is 11.8 Å². The van der Waals surface area contributed by atoms with Crippen LogP contribution in [0.1, 0.15) is 72.4 Å². The average Bonchev–Trinajstić information content (AvgIpc) is 3.26. The molecule has 0 spiro atoms. The monoisotopic (exact) mass is 559 g/mol. The number of hydrogen-bond donors (Lipinski definition) is 2.